The van der Waals surface area contributed by atoms with Crippen LogP contribution in [0.1, 0.15) is 0 Å². The Morgan fingerprint density at radius 2 is 0.383 bits per heavy atom. The Bertz CT molecular complexity index is 1790. The molecule has 0 radical (unpaired) electrons. The van der Waals surface area contributed by atoms with Crippen molar-refractivity contribution in [1.82, 2.24) is 78.4 Å². The largest absolute Gasteiger partial charge is 0.432 e. The summed E-state index contributed by atoms with van der Waals surface area (Å²) in [5, 5.41) is 0. The number of hydrogen-bond acceptors (Lipinski definition) is 16. The van der Waals surface area contributed by atoms with Crippen LogP contribution in [-0.4, -0.2) is 219 Å². The average Bonchev–Trinajstić information content (AvgIpc) is 3.91. The number of rotatable bonds is 4. The fourth-order valence-corrected chi connectivity index (χ4v) is 10.7. The number of hydrazine groups is 8. The van der Waals surface area contributed by atoms with Gasteiger partial charge in [0.2, 0.25) is 0 Å². The van der Waals surface area contributed by atoms with Crippen LogP contribution in [0, 0.1) is 0 Å². The molecule has 0 bridgehead atoms. The van der Waals surface area contributed by atoms with Gasteiger partial charge in [-0.25, -0.2) is 0 Å². The minimum Gasteiger partial charge on any atom is -0.276 e. The standard InChI is InChI=1S/2C18H28B4N8/c2*1-23-19(17-13-9-7-10-14-17)29-21(25(23)3)27(5)30-20(18-15-11-8-12-16-18)24(2)26(4)22(30)28(29)6/h2*7-16H,1-6H3. The van der Waals surface area contributed by atoms with Gasteiger partial charge in [-0.3, -0.25) is 78.4 Å². The van der Waals surface area contributed by atoms with Crippen LogP contribution >= 0.6 is 0 Å². The summed E-state index contributed by atoms with van der Waals surface area (Å²) < 4.78 is 0. The van der Waals surface area contributed by atoms with Crippen molar-refractivity contribution in [2.24, 2.45) is 0 Å². The molecule has 0 unspecified atom stereocenters. The highest BCUT2D eigenvalue weighted by atomic mass is 15.9. The van der Waals surface area contributed by atoms with Gasteiger partial charge in [-0.05, 0) is 106 Å². The zero-order chi connectivity index (χ0) is 42.3. The summed E-state index contributed by atoms with van der Waals surface area (Å²) in [6, 6.07) is 43.0. The van der Waals surface area contributed by atoms with Crippen LogP contribution in [0.15, 0.2) is 121 Å². The first-order chi connectivity index (χ1) is 28.9. The molecule has 0 N–H and O–H groups in total. The van der Waals surface area contributed by atoms with E-state index in [1.54, 1.807) is 0 Å². The van der Waals surface area contributed by atoms with Crippen molar-refractivity contribution >= 4 is 78.3 Å². The van der Waals surface area contributed by atoms with E-state index in [2.05, 4.69) is 284 Å². The van der Waals surface area contributed by atoms with Crippen molar-refractivity contribution in [3.05, 3.63) is 121 Å². The number of fused-ring (bicyclic) bond motifs is 4. The molecule has 0 amide bonds. The second kappa shape index (κ2) is 16.5. The zero-order valence-electron chi connectivity index (χ0n) is 37.3. The lowest BCUT2D eigenvalue weighted by molar-refractivity contribution is 0.118. The van der Waals surface area contributed by atoms with E-state index in [9.17, 15) is 0 Å². The minimum absolute atomic E-state index is 0.0765. The van der Waals surface area contributed by atoms with Crippen LogP contribution in [0.25, 0.3) is 0 Å². The van der Waals surface area contributed by atoms with Crippen molar-refractivity contribution in [2.45, 2.75) is 0 Å². The van der Waals surface area contributed by atoms with Crippen molar-refractivity contribution in [3.8, 4) is 0 Å². The molecule has 0 saturated carbocycles. The lowest BCUT2D eigenvalue weighted by Gasteiger charge is -2.51. The summed E-state index contributed by atoms with van der Waals surface area (Å²) in [5.41, 5.74) is 5.15. The predicted octanol–water partition coefficient (Wildman–Crippen LogP) is -2.71. The molecule has 6 aliphatic heterocycles. The van der Waals surface area contributed by atoms with Crippen LogP contribution in [-0.2, 0) is 0 Å². The average molecular weight is 799 g/mol. The highest BCUT2D eigenvalue weighted by molar-refractivity contribution is 6.87. The van der Waals surface area contributed by atoms with E-state index < -0.39 is 0 Å². The second-order valence-corrected chi connectivity index (χ2v) is 16.9. The molecule has 24 heteroatoms. The van der Waals surface area contributed by atoms with Crippen LogP contribution in [0.2, 0.25) is 0 Å². The molecule has 0 spiro atoms. The highest BCUT2D eigenvalue weighted by Crippen LogP contribution is 2.34. The molecule has 60 heavy (non-hydrogen) atoms. The van der Waals surface area contributed by atoms with Gasteiger partial charge in [0.1, 0.15) is 0 Å². The number of hydrogen-bond donors (Lipinski definition) is 0. The molecule has 0 atom stereocenters. The van der Waals surface area contributed by atoms with Gasteiger partial charge in [0.15, 0.2) is 0 Å². The van der Waals surface area contributed by atoms with Gasteiger partial charge >= 0.3 is 56.4 Å². The first kappa shape index (κ1) is 42.1. The molecular formula is C36H56B8N16. The summed E-state index contributed by atoms with van der Waals surface area (Å²) in [5.74, 6) is 0. The van der Waals surface area contributed by atoms with Gasteiger partial charge in [0.05, 0.1) is 0 Å². The van der Waals surface area contributed by atoms with Crippen molar-refractivity contribution in [1.29, 1.82) is 0 Å². The maximum absolute atomic E-state index is 2.48. The molecular weight excluding hydrogens is 743 g/mol. The Labute approximate surface area is 361 Å². The number of benzene rings is 4. The second-order valence-electron chi connectivity index (χ2n) is 16.9. The van der Waals surface area contributed by atoms with Crippen LogP contribution in [0.3, 0.4) is 0 Å². The molecule has 6 fully saturated rings. The third kappa shape index (κ3) is 6.44. The Morgan fingerprint density at radius 3 is 0.550 bits per heavy atom. The minimum atomic E-state index is 0.0765. The quantitative estimate of drug-likeness (QED) is 0.201. The monoisotopic (exact) mass is 801 g/mol. The van der Waals surface area contributed by atoms with Gasteiger partial charge in [0, 0.05) is 0 Å². The number of nitrogens with zero attached hydrogens (tertiary/aromatic N) is 16. The zero-order valence-corrected chi connectivity index (χ0v) is 37.3. The van der Waals surface area contributed by atoms with Crippen molar-refractivity contribution in [3.63, 3.8) is 0 Å². The van der Waals surface area contributed by atoms with E-state index in [1.165, 1.54) is 21.9 Å². The smallest absolute Gasteiger partial charge is 0.276 e. The Kier molecular flexibility index (Phi) is 11.6. The lowest BCUT2D eigenvalue weighted by atomic mass is 9.59. The van der Waals surface area contributed by atoms with E-state index in [4.69, 9.17) is 0 Å². The molecule has 4 aromatic carbocycles. The van der Waals surface area contributed by atoms with Gasteiger partial charge < -0.3 is 0 Å². The molecule has 6 heterocycles. The third-order valence-corrected chi connectivity index (χ3v) is 13.9. The molecule has 0 aliphatic carbocycles. The maximum Gasteiger partial charge on any atom is 0.432 e. The molecule has 6 aliphatic rings. The van der Waals surface area contributed by atoms with Crippen LogP contribution in [0.4, 0.5) is 0 Å². The molecule has 0 aromatic heterocycles. The van der Waals surface area contributed by atoms with E-state index >= 15 is 0 Å². The maximum atomic E-state index is 2.48. The van der Waals surface area contributed by atoms with E-state index in [1.807, 2.05) is 0 Å². The van der Waals surface area contributed by atoms with Gasteiger partial charge in [0.25, 0.3) is 0 Å². The molecule has 4 aromatic rings. The highest BCUT2D eigenvalue weighted by Gasteiger charge is 2.68. The SMILES string of the molecule is CN1B(c2ccccc2)N2B(N1C)N(C)N1B(c3ccccc3)N(C)N(C)B1N2C.CN1B(c2ccccc2)N2B(N1C)N(C)N1B(c3ccccc3)N(C)N(C)B1N2C. The lowest BCUT2D eigenvalue weighted by Crippen LogP contribution is -2.81. The van der Waals surface area contributed by atoms with Crippen molar-refractivity contribution < 1.29 is 0 Å². The molecule has 304 valence electrons. The fraction of sp³-hybridized carbons (Fsp3) is 0.333. The summed E-state index contributed by atoms with van der Waals surface area (Å²) >= 11 is 0. The normalized spacial score (nSPS) is 23.7. The summed E-state index contributed by atoms with van der Waals surface area (Å²) in [6.45, 7) is 0.520. The first-order valence-electron chi connectivity index (χ1n) is 20.9. The summed E-state index contributed by atoms with van der Waals surface area (Å²) in [4.78, 5) is 38.1. The Morgan fingerprint density at radius 1 is 0.217 bits per heavy atom. The third-order valence-electron chi connectivity index (χ3n) is 13.9. The van der Waals surface area contributed by atoms with E-state index in [0.29, 0.717) is 0 Å². The van der Waals surface area contributed by atoms with Crippen LogP contribution < -0.4 is 21.9 Å². The topological polar surface area (TPSA) is 51.8 Å². The predicted molar refractivity (Wildman–Crippen MR) is 251 cm³/mol. The van der Waals surface area contributed by atoms with Crippen molar-refractivity contribution in [2.75, 3.05) is 84.6 Å². The summed E-state index contributed by atoms with van der Waals surface area (Å²) in [7, 11) is 26.5. The van der Waals surface area contributed by atoms with Gasteiger partial charge in [-0.2, -0.15) is 0 Å². The van der Waals surface area contributed by atoms with E-state index in [-0.39, 0.29) is 56.4 Å². The molecule has 6 saturated heterocycles. The fourth-order valence-electron chi connectivity index (χ4n) is 10.7. The first-order valence-corrected chi connectivity index (χ1v) is 20.9. The van der Waals surface area contributed by atoms with Crippen LogP contribution in [0.5, 0.6) is 0 Å². The Balaban J connectivity index is 0.000000154. The van der Waals surface area contributed by atoms with Gasteiger partial charge in [-0.15, -0.1) is 0 Å². The summed E-state index contributed by atoms with van der Waals surface area (Å²) in [6.07, 6.45) is 0. The Hall–Kier alpha value is -3.24. The molecule has 16 nitrogen and oxygen atoms in total. The van der Waals surface area contributed by atoms with Gasteiger partial charge in [-0.1, -0.05) is 121 Å². The van der Waals surface area contributed by atoms with E-state index in [0.717, 1.165) is 0 Å². The molecule has 10 rings (SSSR count).